The summed E-state index contributed by atoms with van der Waals surface area (Å²) in [4.78, 5) is 13.0. The third kappa shape index (κ3) is 5.02. The average Bonchev–Trinajstić information content (AvgIpc) is 2.68. The minimum absolute atomic E-state index is 0.0510. The third-order valence-corrected chi connectivity index (χ3v) is 4.71. The number of aliphatic hydroxyl groups is 1. The van der Waals surface area contributed by atoms with Crippen molar-refractivity contribution in [3.05, 3.63) is 59.1 Å². The maximum atomic E-state index is 14.2. The van der Waals surface area contributed by atoms with Crippen molar-refractivity contribution in [1.29, 1.82) is 0 Å². The number of hydrogen-bond donors (Lipinski definition) is 3. The normalized spacial score (nSPS) is 12.1. The van der Waals surface area contributed by atoms with Gasteiger partial charge in [-0.15, -0.1) is 0 Å². The molecule has 28 heavy (non-hydrogen) atoms. The SMILES string of the molecule is CC(C)[C@@H](CO)Nc1nc(Nc2ccc(Br)cc2F)cc(-c2ccncc2)n1. The van der Waals surface area contributed by atoms with E-state index in [0.717, 1.165) is 5.56 Å². The molecule has 0 radical (unpaired) electrons. The minimum Gasteiger partial charge on any atom is -0.394 e. The molecular formula is C20H21BrFN5O. The summed E-state index contributed by atoms with van der Waals surface area (Å²) in [6.07, 6.45) is 3.35. The number of nitrogens with one attached hydrogen (secondary N) is 2. The van der Waals surface area contributed by atoms with Crippen LogP contribution in [0.2, 0.25) is 0 Å². The molecule has 3 aromatic rings. The molecule has 6 nitrogen and oxygen atoms in total. The molecule has 3 rings (SSSR count). The van der Waals surface area contributed by atoms with Gasteiger partial charge in [0.1, 0.15) is 11.6 Å². The molecule has 0 aliphatic carbocycles. The molecule has 0 amide bonds. The average molecular weight is 446 g/mol. The lowest BCUT2D eigenvalue weighted by molar-refractivity contribution is 0.248. The topological polar surface area (TPSA) is 83.0 Å². The fourth-order valence-corrected chi connectivity index (χ4v) is 2.90. The van der Waals surface area contributed by atoms with Crippen molar-refractivity contribution in [3.8, 4) is 11.3 Å². The van der Waals surface area contributed by atoms with Gasteiger partial charge < -0.3 is 15.7 Å². The van der Waals surface area contributed by atoms with Crippen LogP contribution in [0.5, 0.6) is 0 Å². The van der Waals surface area contributed by atoms with Crippen LogP contribution in [0.3, 0.4) is 0 Å². The Labute approximate surface area is 171 Å². The van der Waals surface area contributed by atoms with Crippen molar-refractivity contribution in [2.45, 2.75) is 19.9 Å². The summed E-state index contributed by atoms with van der Waals surface area (Å²) in [5.41, 5.74) is 1.81. The molecule has 0 saturated heterocycles. The van der Waals surface area contributed by atoms with E-state index in [0.29, 0.717) is 27.6 Å². The molecule has 1 aromatic carbocycles. The summed E-state index contributed by atoms with van der Waals surface area (Å²) < 4.78 is 14.9. The third-order valence-electron chi connectivity index (χ3n) is 4.21. The molecule has 1 atom stereocenters. The van der Waals surface area contributed by atoms with Gasteiger partial charge in [0.05, 0.1) is 24.0 Å². The molecule has 2 aromatic heterocycles. The van der Waals surface area contributed by atoms with Crippen molar-refractivity contribution < 1.29 is 9.50 Å². The first-order valence-corrected chi connectivity index (χ1v) is 9.64. The summed E-state index contributed by atoms with van der Waals surface area (Å²) in [5, 5.41) is 15.8. The highest BCUT2D eigenvalue weighted by atomic mass is 79.9. The lowest BCUT2D eigenvalue weighted by atomic mass is 10.1. The van der Waals surface area contributed by atoms with Crippen LogP contribution in [-0.4, -0.2) is 32.7 Å². The van der Waals surface area contributed by atoms with E-state index < -0.39 is 5.82 Å². The van der Waals surface area contributed by atoms with Gasteiger partial charge in [-0.05, 0) is 36.2 Å². The first kappa shape index (κ1) is 20.2. The first-order valence-electron chi connectivity index (χ1n) is 8.85. The monoisotopic (exact) mass is 445 g/mol. The largest absolute Gasteiger partial charge is 0.394 e. The van der Waals surface area contributed by atoms with E-state index in [1.54, 1.807) is 30.6 Å². The molecule has 0 fully saturated rings. The standard InChI is InChI=1S/C20H21BrFN5O/c1-12(2)18(11-28)26-20-25-17(13-5-7-23-8-6-13)10-19(27-20)24-16-4-3-14(21)9-15(16)22/h3-10,12,18,28H,11H2,1-2H3,(H2,24,25,26,27)/t18-/m1/s1. The highest BCUT2D eigenvalue weighted by Gasteiger charge is 2.15. The van der Waals surface area contributed by atoms with E-state index in [4.69, 9.17) is 0 Å². The van der Waals surface area contributed by atoms with E-state index in [2.05, 4.69) is 41.5 Å². The Morgan fingerprint density at radius 2 is 1.86 bits per heavy atom. The Bertz CT molecular complexity index is 939. The van der Waals surface area contributed by atoms with Crippen molar-refractivity contribution >= 4 is 33.4 Å². The number of aliphatic hydroxyl groups excluding tert-OH is 1. The molecule has 0 saturated carbocycles. The molecule has 0 unspecified atom stereocenters. The number of nitrogens with zero attached hydrogens (tertiary/aromatic N) is 3. The maximum absolute atomic E-state index is 14.2. The Morgan fingerprint density at radius 3 is 2.50 bits per heavy atom. The highest BCUT2D eigenvalue weighted by Crippen LogP contribution is 2.26. The molecule has 0 aliphatic heterocycles. The summed E-state index contributed by atoms with van der Waals surface area (Å²) in [6.45, 7) is 3.94. The number of aromatic nitrogens is 3. The van der Waals surface area contributed by atoms with Crippen molar-refractivity contribution in [2.75, 3.05) is 17.2 Å². The number of anilines is 3. The minimum atomic E-state index is -0.400. The van der Waals surface area contributed by atoms with Crippen molar-refractivity contribution in [3.63, 3.8) is 0 Å². The second-order valence-corrected chi connectivity index (χ2v) is 7.54. The Hall–Kier alpha value is -2.58. The van der Waals surface area contributed by atoms with Crippen LogP contribution in [0, 0.1) is 11.7 Å². The second kappa shape index (κ2) is 9.07. The number of halogens is 2. The zero-order chi connectivity index (χ0) is 20.1. The van der Waals surface area contributed by atoms with Crippen molar-refractivity contribution in [2.24, 2.45) is 5.92 Å². The van der Waals surface area contributed by atoms with Gasteiger partial charge in [0.15, 0.2) is 0 Å². The summed E-state index contributed by atoms with van der Waals surface area (Å²) in [5.74, 6) is 0.565. The highest BCUT2D eigenvalue weighted by molar-refractivity contribution is 9.10. The predicted octanol–water partition coefficient (Wildman–Crippen LogP) is 4.61. The van der Waals surface area contributed by atoms with Gasteiger partial charge in [0.2, 0.25) is 5.95 Å². The van der Waals surface area contributed by atoms with Crippen LogP contribution >= 0.6 is 15.9 Å². The fraction of sp³-hybridized carbons (Fsp3) is 0.250. The van der Waals surface area contributed by atoms with Crippen LogP contribution < -0.4 is 10.6 Å². The van der Waals surface area contributed by atoms with Crippen LogP contribution in [0.25, 0.3) is 11.3 Å². The lowest BCUT2D eigenvalue weighted by Crippen LogP contribution is -2.30. The van der Waals surface area contributed by atoms with Gasteiger partial charge in [-0.3, -0.25) is 4.98 Å². The molecule has 3 N–H and O–H groups in total. The van der Waals surface area contributed by atoms with Gasteiger partial charge in [-0.1, -0.05) is 29.8 Å². The fourth-order valence-electron chi connectivity index (χ4n) is 2.56. The summed E-state index contributed by atoms with van der Waals surface area (Å²) in [7, 11) is 0. The zero-order valence-electron chi connectivity index (χ0n) is 15.5. The summed E-state index contributed by atoms with van der Waals surface area (Å²) >= 11 is 3.25. The number of pyridine rings is 1. The molecule has 0 bridgehead atoms. The number of benzene rings is 1. The molecule has 146 valence electrons. The molecule has 2 heterocycles. The zero-order valence-corrected chi connectivity index (χ0v) is 17.1. The van der Waals surface area contributed by atoms with Gasteiger partial charge in [0, 0.05) is 28.5 Å². The maximum Gasteiger partial charge on any atom is 0.225 e. The molecule has 0 spiro atoms. The van der Waals surface area contributed by atoms with Crippen LogP contribution in [-0.2, 0) is 0 Å². The van der Waals surface area contributed by atoms with Crippen molar-refractivity contribution in [1.82, 2.24) is 15.0 Å². The molecular weight excluding hydrogens is 425 g/mol. The van der Waals surface area contributed by atoms with E-state index in [-0.39, 0.29) is 18.6 Å². The molecule has 0 aliphatic rings. The number of hydrogen-bond acceptors (Lipinski definition) is 6. The van der Waals surface area contributed by atoms with Crippen LogP contribution in [0.1, 0.15) is 13.8 Å². The predicted molar refractivity (Wildman–Crippen MR) is 112 cm³/mol. The van der Waals surface area contributed by atoms with E-state index in [1.807, 2.05) is 26.0 Å². The van der Waals surface area contributed by atoms with Crippen LogP contribution in [0.15, 0.2) is 53.3 Å². The van der Waals surface area contributed by atoms with E-state index >= 15 is 0 Å². The van der Waals surface area contributed by atoms with Gasteiger partial charge in [0.25, 0.3) is 0 Å². The second-order valence-electron chi connectivity index (χ2n) is 6.62. The van der Waals surface area contributed by atoms with Gasteiger partial charge in [-0.2, -0.15) is 4.98 Å². The Kier molecular flexibility index (Phi) is 6.53. The van der Waals surface area contributed by atoms with E-state index in [9.17, 15) is 9.50 Å². The van der Waals surface area contributed by atoms with Crippen LogP contribution in [0.4, 0.5) is 21.8 Å². The molecule has 8 heteroatoms. The Morgan fingerprint density at radius 1 is 1.11 bits per heavy atom. The lowest BCUT2D eigenvalue weighted by Gasteiger charge is -2.20. The van der Waals surface area contributed by atoms with Gasteiger partial charge >= 0.3 is 0 Å². The van der Waals surface area contributed by atoms with E-state index in [1.165, 1.54) is 6.07 Å². The smallest absolute Gasteiger partial charge is 0.225 e. The number of rotatable bonds is 7. The summed E-state index contributed by atoms with van der Waals surface area (Å²) in [6, 6.07) is 9.97. The van der Waals surface area contributed by atoms with Gasteiger partial charge in [-0.25, -0.2) is 9.37 Å². The quantitative estimate of drug-likeness (QED) is 0.492. The first-order chi connectivity index (χ1) is 13.5. The Balaban J connectivity index is 1.99.